The Hall–Kier alpha value is -2.45. The lowest BCUT2D eigenvalue weighted by molar-refractivity contribution is 0.0694. The van der Waals surface area contributed by atoms with Crippen LogP contribution in [0.25, 0.3) is 11.3 Å². The van der Waals surface area contributed by atoms with Crippen LogP contribution >= 0.6 is 11.9 Å². The summed E-state index contributed by atoms with van der Waals surface area (Å²) in [5, 5.41) is 9.43. The Balaban J connectivity index is 1.83. The Morgan fingerprint density at radius 1 is 1.21 bits per heavy atom. The molecule has 7 nitrogen and oxygen atoms in total. The maximum absolute atomic E-state index is 12.5. The molecule has 0 radical (unpaired) electrons. The number of hydrogen-bond donors (Lipinski definition) is 2. The fraction of sp³-hybridized carbons (Fsp3) is 0.520. The second-order valence-corrected chi connectivity index (χ2v) is 8.97. The number of carbonyl (C=O) groups is 1. The van der Waals surface area contributed by atoms with Crippen molar-refractivity contribution < 1.29 is 19.4 Å². The summed E-state index contributed by atoms with van der Waals surface area (Å²) in [6, 6.07) is 5.50. The molecule has 0 spiro atoms. The quantitative estimate of drug-likeness (QED) is 0.333. The van der Waals surface area contributed by atoms with Crippen LogP contribution in [0.2, 0.25) is 0 Å². The van der Waals surface area contributed by atoms with Gasteiger partial charge in [-0.3, -0.25) is 9.52 Å². The number of unbranched alkanes of at least 4 members (excludes halogenated alkanes) is 3. The summed E-state index contributed by atoms with van der Waals surface area (Å²) in [5.41, 5.74) is 2.03. The number of pyridine rings is 1. The summed E-state index contributed by atoms with van der Waals surface area (Å²) in [7, 11) is 1.61. The number of rotatable bonds is 12. The number of aromatic carboxylic acids is 1. The molecule has 1 unspecified atom stereocenters. The normalized spacial score (nSPS) is 14.8. The molecular formula is C25H34N2O5S. The maximum Gasteiger partial charge on any atom is 0.341 e. The Bertz CT molecular complexity index is 1020. The van der Waals surface area contributed by atoms with Crippen molar-refractivity contribution in [3.8, 4) is 22.8 Å². The second-order valence-electron chi connectivity index (χ2n) is 8.27. The lowest BCUT2D eigenvalue weighted by Crippen LogP contribution is -2.20. The first-order chi connectivity index (χ1) is 16.0. The van der Waals surface area contributed by atoms with Gasteiger partial charge in [0.2, 0.25) is 0 Å². The zero-order valence-electron chi connectivity index (χ0n) is 19.7. The largest absolute Gasteiger partial charge is 0.493 e. The minimum absolute atomic E-state index is 0.113. The summed E-state index contributed by atoms with van der Waals surface area (Å²) in [6.07, 6.45) is 10.5. The fourth-order valence-corrected chi connectivity index (χ4v) is 4.70. The van der Waals surface area contributed by atoms with Crippen molar-refractivity contribution in [3.05, 3.63) is 45.7 Å². The van der Waals surface area contributed by atoms with Gasteiger partial charge in [0.15, 0.2) is 16.9 Å². The van der Waals surface area contributed by atoms with Crippen molar-refractivity contribution in [1.82, 2.24) is 9.29 Å². The third-order valence-corrected chi connectivity index (χ3v) is 6.65. The number of aryl methyl sites for hydroxylation is 1. The van der Waals surface area contributed by atoms with Gasteiger partial charge in [0.1, 0.15) is 5.56 Å². The van der Waals surface area contributed by atoms with Crippen molar-refractivity contribution in [3.63, 3.8) is 0 Å². The molecule has 8 heteroatoms. The molecular weight excluding hydrogens is 440 g/mol. The number of hydrogen-bond acceptors (Lipinski definition) is 6. The summed E-state index contributed by atoms with van der Waals surface area (Å²) >= 11 is 1.65. The first kappa shape index (κ1) is 25.2. The van der Waals surface area contributed by atoms with Crippen LogP contribution in [-0.2, 0) is 6.42 Å². The highest BCUT2D eigenvalue weighted by molar-refractivity contribution is 7.96. The monoisotopic (exact) mass is 474 g/mol. The number of ether oxygens (including phenoxy) is 2. The average molecular weight is 475 g/mol. The predicted molar refractivity (Wildman–Crippen MR) is 133 cm³/mol. The molecule has 3 rings (SSSR count). The van der Waals surface area contributed by atoms with E-state index in [9.17, 15) is 14.7 Å². The number of carboxylic acid groups (broad SMARTS) is 1. The Labute approximate surface area is 199 Å². The molecule has 1 aliphatic heterocycles. The van der Waals surface area contributed by atoms with Gasteiger partial charge in [-0.15, -0.1) is 0 Å². The van der Waals surface area contributed by atoms with E-state index in [2.05, 4.69) is 11.6 Å². The van der Waals surface area contributed by atoms with E-state index in [1.165, 1.54) is 18.7 Å². The summed E-state index contributed by atoms with van der Waals surface area (Å²) < 4.78 is 16.9. The first-order valence-corrected chi connectivity index (χ1v) is 12.8. The Morgan fingerprint density at radius 3 is 2.70 bits per heavy atom. The fourth-order valence-electron chi connectivity index (χ4n) is 4.35. The molecule has 1 aliphatic rings. The average Bonchev–Trinajstić information content (AvgIpc) is 2.95. The van der Waals surface area contributed by atoms with Gasteiger partial charge in [-0.2, -0.15) is 0 Å². The predicted octanol–water partition coefficient (Wildman–Crippen LogP) is 4.93. The van der Waals surface area contributed by atoms with Crippen molar-refractivity contribution in [2.45, 2.75) is 57.9 Å². The van der Waals surface area contributed by atoms with E-state index in [0.29, 0.717) is 18.1 Å². The van der Waals surface area contributed by atoms with Gasteiger partial charge in [0.05, 0.1) is 19.4 Å². The van der Waals surface area contributed by atoms with E-state index < -0.39 is 11.4 Å². The summed E-state index contributed by atoms with van der Waals surface area (Å²) in [5.74, 6) is 0.136. The number of nitrogens with one attached hydrogen (secondary N) is 1. The van der Waals surface area contributed by atoms with E-state index in [0.717, 1.165) is 61.9 Å². The third kappa shape index (κ3) is 6.12. The highest BCUT2D eigenvalue weighted by Crippen LogP contribution is 2.40. The van der Waals surface area contributed by atoms with Crippen LogP contribution in [0, 0.1) is 0 Å². The summed E-state index contributed by atoms with van der Waals surface area (Å²) in [6.45, 7) is 3.73. The first-order valence-electron chi connectivity index (χ1n) is 11.6. The van der Waals surface area contributed by atoms with Crippen molar-refractivity contribution in [2.75, 3.05) is 26.5 Å². The zero-order valence-corrected chi connectivity index (χ0v) is 20.5. The second kappa shape index (κ2) is 12.1. The molecule has 2 heterocycles. The van der Waals surface area contributed by atoms with Crippen molar-refractivity contribution in [1.29, 1.82) is 0 Å². The standard InChI is InChI=1S/C25H34N2O5S/c1-4-18-10-9-17-13-24(32-12-8-6-5-7-11-26-33-3)23(31-2)14-19(17)21-15-22(28)20(25(29)30)16-27(18)21/h13-16,18,26H,4-12H2,1-3H3,(H,29,30). The smallest absolute Gasteiger partial charge is 0.341 e. The van der Waals surface area contributed by atoms with Crippen LogP contribution in [0.4, 0.5) is 0 Å². The van der Waals surface area contributed by atoms with Crippen LogP contribution in [0.5, 0.6) is 11.5 Å². The molecule has 33 heavy (non-hydrogen) atoms. The molecule has 0 saturated heterocycles. The van der Waals surface area contributed by atoms with Gasteiger partial charge in [-0.05, 0) is 56.1 Å². The highest BCUT2D eigenvalue weighted by Gasteiger charge is 2.25. The lowest BCUT2D eigenvalue weighted by Gasteiger charge is -2.21. The lowest BCUT2D eigenvalue weighted by atomic mass is 9.99. The molecule has 2 aromatic rings. The zero-order chi connectivity index (χ0) is 23.8. The minimum atomic E-state index is -1.20. The van der Waals surface area contributed by atoms with E-state index in [1.54, 1.807) is 19.1 Å². The number of carboxylic acids is 1. The molecule has 1 aromatic carbocycles. The molecule has 0 aliphatic carbocycles. The van der Waals surface area contributed by atoms with Crippen LogP contribution in [0.1, 0.15) is 67.4 Å². The van der Waals surface area contributed by atoms with E-state index in [4.69, 9.17) is 9.47 Å². The van der Waals surface area contributed by atoms with Gasteiger partial charge < -0.3 is 19.1 Å². The molecule has 0 amide bonds. The van der Waals surface area contributed by atoms with Crippen molar-refractivity contribution >= 4 is 17.9 Å². The Morgan fingerprint density at radius 2 is 2.00 bits per heavy atom. The van der Waals surface area contributed by atoms with Crippen molar-refractivity contribution in [2.24, 2.45) is 0 Å². The molecule has 1 atom stereocenters. The van der Waals surface area contributed by atoms with Crippen LogP contribution in [0.15, 0.2) is 29.2 Å². The van der Waals surface area contributed by atoms with Gasteiger partial charge in [0, 0.05) is 30.4 Å². The minimum Gasteiger partial charge on any atom is -0.493 e. The highest BCUT2D eigenvalue weighted by atomic mass is 32.2. The van der Waals surface area contributed by atoms with Crippen LogP contribution < -0.4 is 19.6 Å². The van der Waals surface area contributed by atoms with Gasteiger partial charge in [-0.1, -0.05) is 31.7 Å². The van der Waals surface area contributed by atoms with E-state index >= 15 is 0 Å². The number of fused-ring (bicyclic) bond motifs is 3. The number of nitrogens with zero attached hydrogens (tertiary/aromatic N) is 1. The SMILES string of the molecule is CCC1CCc2cc(OCCCCCCNSC)c(OC)cc2-c2cc(=O)c(C(=O)O)cn21. The van der Waals surface area contributed by atoms with Crippen LogP contribution in [-0.4, -0.2) is 42.2 Å². The molecule has 180 valence electrons. The molecule has 1 aromatic heterocycles. The van der Waals surface area contributed by atoms with E-state index in [1.807, 2.05) is 23.0 Å². The Kier molecular flexibility index (Phi) is 9.26. The van der Waals surface area contributed by atoms with Crippen LogP contribution in [0.3, 0.4) is 0 Å². The number of aromatic nitrogens is 1. The van der Waals surface area contributed by atoms with Gasteiger partial charge in [0.25, 0.3) is 0 Å². The molecule has 2 N–H and O–H groups in total. The van der Waals surface area contributed by atoms with Gasteiger partial charge in [-0.25, -0.2) is 4.79 Å². The van der Waals surface area contributed by atoms with Gasteiger partial charge >= 0.3 is 5.97 Å². The molecule has 0 bridgehead atoms. The summed E-state index contributed by atoms with van der Waals surface area (Å²) in [4.78, 5) is 24.0. The topological polar surface area (TPSA) is 89.8 Å². The molecule has 0 fully saturated rings. The third-order valence-electron chi connectivity index (χ3n) is 6.16. The number of methoxy groups -OCH3 is 1. The number of benzene rings is 1. The molecule has 0 saturated carbocycles. The maximum atomic E-state index is 12.5. The van der Waals surface area contributed by atoms with E-state index in [-0.39, 0.29) is 11.6 Å².